The van der Waals surface area contributed by atoms with E-state index in [0.29, 0.717) is 0 Å². The first kappa shape index (κ1) is 12.2. The summed E-state index contributed by atoms with van der Waals surface area (Å²) in [7, 11) is 0. The zero-order valence-electron chi connectivity index (χ0n) is 10.4. The minimum absolute atomic E-state index is 0.0228. The third-order valence-electron chi connectivity index (χ3n) is 3.86. The molecule has 1 aliphatic rings. The summed E-state index contributed by atoms with van der Waals surface area (Å²) in [6, 6.07) is 1.49. The molecule has 0 saturated heterocycles. The lowest BCUT2D eigenvalue weighted by atomic mass is 9.66. The molecular weight excluding hydrogens is 217 g/mol. The van der Waals surface area contributed by atoms with Crippen molar-refractivity contribution in [3.8, 4) is 0 Å². The maximum atomic E-state index is 13.6. The number of nitrogens with zero attached hydrogens (tertiary/aromatic N) is 1. The molecule has 92 valence electrons. The fourth-order valence-corrected chi connectivity index (χ4v) is 2.74. The molecule has 0 bridgehead atoms. The molecule has 1 aromatic rings. The van der Waals surface area contributed by atoms with E-state index in [1.807, 2.05) is 0 Å². The largest absolute Gasteiger partial charge is 0.294 e. The number of Topliss-reactive ketones (excluding diaryl/α,β-unsaturated/α-hetero) is 1. The van der Waals surface area contributed by atoms with Gasteiger partial charge in [0.2, 0.25) is 0 Å². The van der Waals surface area contributed by atoms with Gasteiger partial charge in [-0.25, -0.2) is 4.39 Å². The monoisotopic (exact) mass is 235 g/mol. The average Bonchev–Trinajstić information content (AvgIpc) is 2.28. The Morgan fingerprint density at radius 2 is 2.24 bits per heavy atom. The molecule has 2 rings (SSSR count). The minimum atomic E-state index is -0.501. The van der Waals surface area contributed by atoms with Gasteiger partial charge in [-0.3, -0.25) is 9.78 Å². The molecule has 1 aromatic heterocycles. The third-order valence-corrected chi connectivity index (χ3v) is 3.86. The molecule has 0 aliphatic heterocycles. The summed E-state index contributed by atoms with van der Waals surface area (Å²) in [6.45, 7) is 4.21. The van der Waals surface area contributed by atoms with Gasteiger partial charge < -0.3 is 0 Å². The Labute approximate surface area is 101 Å². The van der Waals surface area contributed by atoms with Crippen molar-refractivity contribution in [3.05, 3.63) is 29.8 Å². The van der Waals surface area contributed by atoms with Crippen LogP contribution in [0.15, 0.2) is 18.5 Å². The van der Waals surface area contributed by atoms with Gasteiger partial charge in [-0.05, 0) is 24.3 Å². The maximum Gasteiger partial charge on any atom is 0.169 e. The molecule has 2 nitrogen and oxygen atoms in total. The summed E-state index contributed by atoms with van der Waals surface area (Å²) in [5.74, 6) is -0.623. The molecule has 0 amide bonds. The number of pyridine rings is 1. The summed E-state index contributed by atoms with van der Waals surface area (Å²) >= 11 is 0. The number of halogens is 1. The Morgan fingerprint density at radius 3 is 2.88 bits per heavy atom. The number of ketones is 1. The second-order valence-electron chi connectivity index (χ2n) is 5.51. The van der Waals surface area contributed by atoms with E-state index in [1.165, 1.54) is 12.3 Å². The highest BCUT2D eigenvalue weighted by atomic mass is 19.1. The van der Waals surface area contributed by atoms with E-state index >= 15 is 0 Å². The van der Waals surface area contributed by atoms with E-state index in [-0.39, 0.29) is 22.7 Å². The molecule has 1 heterocycles. The molecule has 0 radical (unpaired) electrons. The van der Waals surface area contributed by atoms with E-state index in [4.69, 9.17) is 0 Å². The Hall–Kier alpha value is -1.25. The van der Waals surface area contributed by atoms with Crippen LogP contribution in [0.1, 0.15) is 49.9 Å². The molecule has 0 N–H and O–H groups in total. The first-order chi connectivity index (χ1) is 8.02. The molecule has 1 fully saturated rings. The predicted octanol–water partition coefficient (Wildman–Crippen LogP) is 3.62. The number of rotatable bonds is 2. The van der Waals surface area contributed by atoms with Gasteiger partial charge in [0.15, 0.2) is 11.6 Å². The average molecular weight is 235 g/mol. The second-order valence-corrected chi connectivity index (χ2v) is 5.51. The summed E-state index contributed by atoms with van der Waals surface area (Å²) in [6.07, 6.45) is 6.72. The van der Waals surface area contributed by atoms with Crippen LogP contribution < -0.4 is 0 Å². The van der Waals surface area contributed by atoms with Crippen LogP contribution >= 0.6 is 0 Å². The van der Waals surface area contributed by atoms with Gasteiger partial charge in [0.25, 0.3) is 0 Å². The smallest absolute Gasteiger partial charge is 0.169 e. The zero-order chi connectivity index (χ0) is 12.5. The Morgan fingerprint density at radius 1 is 1.47 bits per heavy atom. The van der Waals surface area contributed by atoms with Crippen LogP contribution in [0.3, 0.4) is 0 Å². The van der Waals surface area contributed by atoms with Gasteiger partial charge in [-0.1, -0.05) is 26.7 Å². The number of aromatic nitrogens is 1. The molecule has 1 aliphatic carbocycles. The molecule has 0 aromatic carbocycles. The van der Waals surface area contributed by atoms with Gasteiger partial charge in [0.1, 0.15) is 0 Å². The van der Waals surface area contributed by atoms with Crippen LogP contribution in [0.25, 0.3) is 0 Å². The van der Waals surface area contributed by atoms with Crippen molar-refractivity contribution in [3.63, 3.8) is 0 Å². The quantitative estimate of drug-likeness (QED) is 0.733. The van der Waals surface area contributed by atoms with Crippen LogP contribution in [-0.2, 0) is 0 Å². The molecular formula is C14H18FNO. The maximum absolute atomic E-state index is 13.6. The van der Waals surface area contributed by atoms with E-state index in [0.717, 1.165) is 31.9 Å². The van der Waals surface area contributed by atoms with Crippen molar-refractivity contribution in [2.75, 3.05) is 0 Å². The lowest BCUT2D eigenvalue weighted by Crippen LogP contribution is -2.34. The van der Waals surface area contributed by atoms with Gasteiger partial charge in [-0.15, -0.1) is 0 Å². The zero-order valence-corrected chi connectivity index (χ0v) is 10.4. The highest BCUT2D eigenvalue weighted by Gasteiger charge is 2.38. The first-order valence-electron chi connectivity index (χ1n) is 6.16. The fourth-order valence-electron chi connectivity index (χ4n) is 2.74. The SMILES string of the molecule is CC1(C)CCCCC1C(=O)c1ccncc1F. The Kier molecular flexibility index (Phi) is 3.27. The van der Waals surface area contributed by atoms with E-state index in [9.17, 15) is 9.18 Å². The van der Waals surface area contributed by atoms with Gasteiger partial charge in [-0.2, -0.15) is 0 Å². The normalized spacial score (nSPS) is 23.4. The van der Waals surface area contributed by atoms with Crippen molar-refractivity contribution >= 4 is 5.78 Å². The first-order valence-corrected chi connectivity index (χ1v) is 6.16. The molecule has 0 spiro atoms. The van der Waals surface area contributed by atoms with Crippen molar-refractivity contribution in [2.45, 2.75) is 39.5 Å². The highest BCUT2D eigenvalue weighted by Crippen LogP contribution is 2.42. The van der Waals surface area contributed by atoms with E-state index < -0.39 is 5.82 Å². The standard InChI is InChI=1S/C14H18FNO/c1-14(2)7-4-3-5-11(14)13(17)10-6-8-16-9-12(10)15/h6,8-9,11H,3-5,7H2,1-2H3. The number of carbonyl (C=O) groups is 1. The van der Waals surface area contributed by atoms with Crippen molar-refractivity contribution < 1.29 is 9.18 Å². The van der Waals surface area contributed by atoms with E-state index in [1.54, 1.807) is 0 Å². The van der Waals surface area contributed by atoms with Crippen molar-refractivity contribution in [1.29, 1.82) is 0 Å². The molecule has 17 heavy (non-hydrogen) atoms. The van der Waals surface area contributed by atoms with Crippen LogP contribution in [0, 0.1) is 17.2 Å². The summed E-state index contributed by atoms with van der Waals surface area (Å²) in [4.78, 5) is 16.0. The number of hydrogen-bond acceptors (Lipinski definition) is 2. The van der Waals surface area contributed by atoms with Crippen LogP contribution in [-0.4, -0.2) is 10.8 Å². The Bertz CT molecular complexity index is 428. The highest BCUT2D eigenvalue weighted by molar-refractivity contribution is 5.98. The number of carbonyl (C=O) groups excluding carboxylic acids is 1. The predicted molar refractivity (Wildman–Crippen MR) is 64.3 cm³/mol. The number of hydrogen-bond donors (Lipinski definition) is 0. The molecule has 1 atom stereocenters. The third kappa shape index (κ3) is 2.38. The van der Waals surface area contributed by atoms with Crippen LogP contribution in [0.4, 0.5) is 4.39 Å². The second kappa shape index (κ2) is 4.55. The fraction of sp³-hybridized carbons (Fsp3) is 0.571. The topological polar surface area (TPSA) is 30.0 Å². The van der Waals surface area contributed by atoms with Crippen molar-refractivity contribution in [2.24, 2.45) is 11.3 Å². The van der Waals surface area contributed by atoms with Gasteiger partial charge >= 0.3 is 0 Å². The summed E-state index contributed by atoms with van der Waals surface area (Å²) in [5, 5.41) is 0. The van der Waals surface area contributed by atoms with Gasteiger partial charge in [0.05, 0.1) is 11.8 Å². The Balaban J connectivity index is 2.28. The minimum Gasteiger partial charge on any atom is -0.294 e. The molecule has 3 heteroatoms. The lowest BCUT2D eigenvalue weighted by molar-refractivity contribution is 0.0693. The molecule has 1 unspecified atom stereocenters. The lowest BCUT2D eigenvalue weighted by Gasteiger charge is -2.37. The van der Waals surface area contributed by atoms with Crippen molar-refractivity contribution in [1.82, 2.24) is 4.98 Å². The van der Waals surface area contributed by atoms with Gasteiger partial charge in [0, 0.05) is 12.1 Å². The van der Waals surface area contributed by atoms with Crippen LogP contribution in [0.5, 0.6) is 0 Å². The van der Waals surface area contributed by atoms with Crippen LogP contribution in [0.2, 0.25) is 0 Å². The summed E-state index contributed by atoms with van der Waals surface area (Å²) < 4.78 is 13.6. The summed E-state index contributed by atoms with van der Waals surface area (Å²) in [5.41, 5.74) is 0.172. The van der Waals surface area contributed by atoms with E-state index in [2.05, 4.69) is 18.8 Å². The molecule has 1 saturated carbocycles.